The highest BCUT2D eigenvalue weighted by Gasteiger charge is 2.10. The molecule has 0 aromatic heterocycles. The minimum atomic E-state index is -0.341. The number of carbonyl (C=O) groups excluding carboxylic acids is 2. The summed E-state index contributed by atoms with van der Waals surface area (Å²) in [6, 6.07) is 0. The molecule has 0 spiro atoms. The molecule has 0 aliphatic carbocycles. The maximum atomic E-state index is 11.4. The lowest BCUT2D eigenvalue weighted by atomic mass is 10.3. The van der Waals surface area contributed by atoms with E-state index in [-0.39, 0.29) is 38.1 Å². The summed E-state index contributed by atoms with van der Waals surface area (Å²) in [6.45, 7) is 1.36. The first-order chi connectivity index (χ1) is 10.1. The van der Waals surface area contributed by atoms with E-state index in [9.17, 15) is 9.59 Å². The van der Waals surface area contributed by atoms with Crippen molar-refractivity contribution in [2.45, 2.75) is 32.1 Å². The highest BCUT2D eigenvalue weighted by molar-refractivity contribution is 5.72. The summed E-state index contributed by atoms with van der Waals surface area (Å²) in [5.74, 6) is -0.650. The quantitative estimate of drug-likeness (QED) is 0.363. The van der Waals surface area contributed by atoms with E-state index < -0.39 is 0 Å². The number of likely N-dealkylation sites (N-methyl/N-ethyl adjacent to an activating group) is 1. The van der Waals surface area contributed by atoms with Gasteiger partial charge in [0.1, 0.15) is 0 Å². The van der Waals surface area contributed by atoms with Gasteiger partial charge in [-0.1, -0.05) is 0 Å². The molecule has 0 radical (unpaired) electrons. The average molecular weight is 305 g/mol. The van der Waals surface area contributed by atoms with Crippen LogP contribution in [0.15, 0.2) is 0 Å². The zero-order chi connectivity index (χ0) is 15.9. The van der Waals surface area contributed by atoms with E-state index in [4.69, 9.17) is 19.7 Å². The second-order valence-electron chi connectivity index (χ2n) is 4.79. The third-order valence-corrected chi connectivity index (χ3v) is 2.73. The maximum Gasteiger partial charge on any atom is 0.320 e. The molecule has 0 rings (SSSR count). The van der Waals surface area contributed by atoms with Crippen LogP contribution in [-0.2, 0) is 19.1 Å². The monoisotopic (exact) mass is 305 g/mol. The fraction of sp³-hybridized carbons (Fsp3) is 0.857. The van der Waals surface area contributed by atoms with Gasteiger partial charge in [-0.25, -0.2) is 0 Å². The molecule has 21 heavy (non-hydrogen) atoms. The van der Waals surface area contributed by atoms with Gasteiger partial charge in [-0.15, -0.1) is 0 Å². The lowest BCUT2D eigenvalue weighted by Gasteiger charge is -2.15. The predicted molar refractivity (Wildman–Crippen MR) is 76.7 cm³/mol. The molecule has 0 fully saturated rings. The number of aliphatic hydroxyl groups is 2. The Morgan fingerprint density at radius 1 is 0.905 bits per heavy atom. The molecule has 0 aliphatic rings. The second kappa shape index (κ2) is 13.8. The van der Waals surface area contributed by atoms with Gasteiger partial charge in [0.25, 0.3) is 0 Å². The molecule has 0 bridgehead atoms. The molecular formula is C14H27NO6. The molecule has 0 aromatic rings. The molecule has 7 nitrogen and oxygen atoms in total. The maximum absolute atomic E-state index is 11.4. The minimum Gasteiger partial charge on any atom is -0.466 e. The molecule has 0 saturated heterocycles. The fourth-order valence-electron chi connectivity index (χ4n) is 1.50. The van der Waals surface area contributed by atoms with Crippen LogP contribution in [0.4, 0.5) is 0 Å². The smallest absolute Gasteiger partial charge is 0.320 e. The molecule has 2 N–H and O–H groups in total. The standard InChI is InChI=1S/C14H27NO6/c1-15(12-14(19)21-11-5-3-9-17)7-6-13(18)20-10-4-2-8-16/h16-17H,2-12H2,1H3. The number of hydrogen-bond donors (Lipinski definition) is 2. The van der Waals surface area contributed by atoms with Crippen LogP contribution in [-0.4, -0.2) is 73.6 Å². The Labute approximate surface area is 125 Å². The molecule has 7 heteroatoms. The van der Waals surface area contributed by atoms with Gasteiger partial charge < -0.3 is 19.7 Å². The topological polar surface area (TPSA) is 96.3 Å². The molecule has 0 amide bonds. The summed E-state index contributed by atoms with van der Waals surface area (Å²) in [7, 11) is 1.73. The second-order valence-corrected chi connectivity index (χ2v) is 4.79. The van der Waals surface area contributed by atoms with E-state index >= 15 is 0 Å². The first-order valence-electron chi connectivity index (χ1n) is 7.31. The van der Waals surface area contributed by atoms with Crippen LogP contribution in [0.25, 0.3) is 0 Å². The summed E-state index contributed by atoms with van der Waals surface area (Å²) < 4.78 is 9.96. The van der Waals surface area contributed by atoms with Crippen molar-refractivity contribution in [3.05, 3.63) is 0 Å². The predicted octanol–water partition coefficient (Wildman–Crippen LogP) is -0.0603. The summed E-state index contributed by atoms with van der Waals surface area (Å²) in [5, 5.41) is 17.2. The van der Waals surface area contributed by atoms with Crippen LogP contribution >= 0.6 is 0 Å². The summed E-state index contributed by atoms with van der Waals surface area (Å²) >= 11 is 0. The molecule has 124 valence electrons. The molecule has 0 saturated carbocycles. The lowest BCUT2D eigenvalue weighted by Crippen LogP contribution is -2.30. The van der Waals surface area contributed by atoms with Crippen LogP contribution < -0.4 is 0 Å². The van der Waals surface area contributed by atoms with Crippen molar-refractivity contribution in [1.82, 2.24) is 4.90 Å². The first kappa shape index (κ1) is 19.8. The van der Waals surface area contributed by atoms with Crippen LogP contribution in [0.1, 0.15) is 32.1 Å². The number of esters is 2. The van der Waals surface area contributed by atoms with Gasteiger partial charge in [-0.05, 0) is 32.7 Å². The molecule has 0 aromatic carbocycles. The Bertz CT molecular complexity index is 285. The Morgan fingerprint density at radius 3 is 1.95 bits per heavy atom. The number of aliphatic hydroxyl groups excluding tert-OH is 2. The highest BCUT2D eigenvalue weighted by atomic mass is 16.5. The van der Waals surface area contributed by atoms with Crippen molar-refractivity contribution in [2.75, 3.05) is 46.6 Å². The minimum absolute atomic E-state index is 0.0951. The van der Waals surface area contributed by atoms with Crippen LogP contribution in [0, 0.1) is 0 Å². The Kier molecular flexibility index (Phi) is 13.0. The summed E-state index contributed by atoms with van der Waals surface area (Å²) in [5.41, 5.74) is 0. The number of nitrogens with zero attached hydrogens (tertiary/aromatic N) is 1. The SMILES string of the molecule is CN(CCC(=O)OCCCCO)CC(=O)OCCCCO. The normalized spacial score (nSPS) is 10.7. The van der Waals surface area contributed by atoms with E-state index in [0.29, 0.717) is 45.4 Å². The van der Waals surface area contributed by atoms with E-state index in [1.54, 1.807) is 11.9 Å². The lowest BCUT2D eigenvalue weighted by molar-refractivity contribution is -0.147. The van der Waals surface area contributed by atoms with Crippen LogP contribution in [0.5, 0.6) is 0 Å². The van der Waals surface area contributed by atoms with E-state index in [2.05, 4.69) is 0 Å². The Balaban J connectivity index is 3.57. The molecule has 0 atom stereocenters. The Hall–Kier alpha value is -1.18. The number of carbonyl (C=O) groups is 2. The molecular weight excluding hydrogens is 278 g/mol. The zero-order valence-corrected chi connectivity index (χ0v) is 12.8. The van der Waals surface area contributed by atoms with Crippen molar-refractivity contribution < 1.29 is 29.3 Å². The van der Waals surface area contributed by atoms with Gasteiger partial charge in [-0.3, -0.25) is 14.5 Å². The van der Waals surface area contributed by atoms with Gasteiger partial charge in [-0.2, -0.15) is 0 Å². The van der Waals surface area contributed by atoms with Gasteiger partial charge >= 0.3 is 11.9 Å². The van der Waals surface area contributed by atoms with E-state index in [0.717, 1.165) is 0 Å². The van der Waals surface area contributed by atoms with Crippen molar-refractivity contribution in [1.29, 1.82) is 0 Å². The van der Waals surface area contributed by atoms with E-state index in [1.807, 2.05) is 0 Å². The third kappa shape index (κ3) is 13.6. The number of rotatable bonds is 13. The number of ether oxygens (including phenoxy) is 2. The van der Waals surface area contributed by atoms with Gasteiger partial charge in [0, 0.05) is 19.8 Å². The van der Waals surface area contributed by atoms with Crippen LogP contribution in [0.2, 0.25) is 0 Å². The van der Waals surface area contributed by atoms with Crippen molar-refractivity contribution in [3.63, 3.8) is 0 Å². The van der Waals surface area contributed by atoms with Crippen molar-refractivity contribution >= 4 is 11.9 Å². The summed E-state index contributed by atoms with van der Waals surface area (Å²) in [6.07, 6.45) is 2.75. The fourth-order valence-corrected chi connectivity index (χ4v) is 1.50. The van der Waals surface area contributed by atoms with Crippen molar-refractivity contribution in [2.24, 2.45) is 0 Å². The van der Waals surface area contributed by atoms with Gasteiger partial charge in [0.15, 0.2) is 0 Å². The van der Waals surface area contributed by atoms with Gasteiger partial charge in [0.05, 0.1) is 26.2 Å². The number of hydrogen-bond acceptors (Lipinski definition) is 7. The van der Waals surface area contributed by atoms with E-state index in [1.165, 1.54) is 0 Å². The average Bonchev–Trinajstić information content (AvgIpc) is 2.46. The molecule has 0 aliphatic heterocycles. The van der Waals surface area contributed by atoms with Gasteiger partial charge in [0.2, 0.25) is 0 Å². The Morgan fingerprint density at radius 2 is 1.43 bits per heavy atom. The largest absolute Gasteiger partial charge is 0.466 e. The summed E-state index contributed by atoms with van der Waals surface area (Å²) in [4.78, 5) is 24.5. The third-order valence-electron chi connectivity index (χ3n) is 2.73. The van der Waals surface area contributed by atoms with Crippen LogP contribution in [0.3, 0.4) is 0 Å². The zero-order valence-electron chi connectivity index (χ0n) is 12.8. The first-order valence-corrected chi connectivity index (χ1v) is 7.31. The number of unbranched alkanes of at least 4 members (excludes halogenated alkanes) is 2. The molecule has 0 heterocycles. The molecule has 0 unspecified atom stereocenters. The highest BCUT2D eigenvalue weighted by Crippen LogP contribution is 1.96. The van der Waals surface area contributed by atoms with Crippen molar-refractivity contribution in [3.8, 4) is 0 Å².